The highest BCUT2D eigenvalue weighted by Gasteiger charge is 2.19. The van der Waals surface area contributed by atoms with Crippen molar-refractivity contribution in [2.45, 2.75) is 30.2 Å². The smallest absolute Gasteiger partial charge is 0.249 e. The molecular weight excluding hydrogens is 244 g/mol. The summed E-state index contributed by atoms with van der Waals surface area (Å²) in [5.41, 5.74) is 0.915. The molecule has 0 aromatic heterocycles. The van der Waals surface area contributed by atoms with E-state index in [9.17, 15) is 4.79 Å². The summed E-state index contributed by atoms with van der Waals surface area (Å²) in [6.45, 7) is 1.10. The Morgan fingerprint density at radius 2 is 2.22 bits per heavy atom. The highest BCUT2D eigenvalue weighted by Crippen LogP contribution is 2.37. The van der Waals surface area contributed by atoms with Gasteiger partial charge in [0.05, 0.1) is 5.69 Å². The van der Waals surface area contributed by atoms with Crippen molar-refractivity contribution >= 4 is 23.4 Å². The number of fused-ring (bicyclic) bond motifs is 1. The molecule has 3 rings (SSSR count). The number of carbonyl (C=O) groups is 1. The van der Waals surface area contributed by atoms with Crippen molar-refractivity contribution < 1.29 is 4.79 Å². The molecule has 94 valence electrons. The Morgan fingerprint density at radius 1 is 1.33 bits per heavy atom. The number of anilines is 1. The van der Waals surface area contributed by atoms with Crippen LogP contribution in [0.15, 0.2) is 40.1 Å². The minimum absolute atomic E-state index is 0.0135. The van der Waals surface area contributed by atoms with E-state index in [1.165, 1.54) is 12.8 Å². The quantitative estimate of drug-likeness (QED) is 0.859. The fraction of sp³-hybridized carbons (Fsp3) is 0.357. The number of amides is 1. The molecule has 1 aromatic rings. The fourth-order valence-electron chi connectivity index (χ4n) is 2.42. The second-order valence-electron chi connectivity index (χ2n) is 4.70. The molecule has 1 aromatic carbocycles. The first-order valence-electron chi connectivity index (χ1n) is 6.33. The number of rotatable bonds is 2. The highest BCUT2D eigenvalue weighted by atomic mass is 32.2. The van der Waals surface area contributed by atoms with E-state index in [2.05, 4.69) is 16.7 Å². The van der Waals surface area contributed by atoms with Crippen LogP contribution in [0.1, 0.15) is 19.3 Å². The van der Waals surface area contributed by atoms with E-state index >= 15 is 0 Å². The van der Waals surface area contributed by atoms with E-state index in [1.54, 1.807) is 17.8 Å². The number of carbonyl (C=O) groups excluding carboxylic acids is 1. The molecule has 2 N–H and O–H groups in total. The van der Waals surface area contributed by atoms with Gasteiger partial charge in [0, 0.05) is 17.0 Å². The second-order valence-corrected chi connectivity index (χ2v) is 5.86. The summed E-state index contributed by atoms with van der Waals surface area (Å²) in [6.07, 6.45) is 5.14. The van der Waals surface area contributed by atoms with Crippen LogP contribution in [0.4, 0.5) is 5.69 Å². The normalized spacial score (nSPS) is 23.0. The zero-order chi connectivity index (χ0) is 12.4. The third kappa shape index (κ3) is 2.60. The van der Waals surface area contributed by atoms with Gasteiger partial charge in [0.25, 0.3) is 0 Å². The molecule has 18 heavy (non-hydrogen) atoms. The van der Waals surface area contributed by atoms with Crippen LogP contribution in [-0.2, 0) is 4.79 Å². The molecule has 1 unspecified atom stereocenters. The Balaban J connectivity index is 1.80. The maximum absolute atomic E-state index is 11.8. The van der Waals surface area contributed by atoms with Crippen molar-refractivity contribution in [2.24, 2.45) is 0 Å². The summed E-state index contributed by atoms with van der Waals surface area (Å²) in [5, 5.41) is 6.40. The molecule has 0 spiro atoms. The van der Waals surface area contributed by atoms with Gasteiger partial charge in [-0.25, -0.2) is 0 Å². The van der Waals surface area contributed by atoms with Crippen LogP contribution >= 0.6 is 11.8 Å². The average Bonchev–Trinajstić information content (AvgIpc) is 2.78. The van der Waals surface area contributed by atoms with Crippen molar-refractivity contribution in [3.05, 3.63) is 35.2 Å². The molecule has 1 saturated heterocycles. The zero-order valence-electron chi connectivity index (χ0n) is 10.1. The van der Waals surface area contributed by atoms with Gasteiger partial charge in [0.15, 0.2) is 0 Å². The summed E-state index contributed by atoms with van der Waals surface area (Å²) in [7, 11) is 0. The first-order chi connectivity index (χ1) is 8.81. The Kier molecular flexibility index (Phi) is 3.39. The molecule has 2 heterocycles. The Hall–Kier alpha value is -1.26. The zero-order valence-corrected chi connectivity index (χ0v) is 10.9. The standard InChI is InChI=1S/C14H16N2OS/c17-14-9-11(8-10-4-3-7-15-10)18-13-6-2-1-5-12(13)16-14/h1-2,5-6,9-10,15H,3-4,7-8H2,(H,16,17). The molecule has 0 saturated carbocycles. The minimum atomic E-state index is -0.0135. The van der Waals surface area contributed by atoms with Crippen LogP contribution in [0.25, 0.3) is 0 Å². The summed E-state index contributed by atoms with van der Waals surface area (Å²) in [4.78, 5) is 14.1. The summed E-state index contributed by atoms with van der Waals surface area (Å²) >= 11 is 1.71. The van der Waals surface area contributed by atoms with Crippen LogP contribution in [0.5, 0.6) is 0 Å². The number of benzene rings is 1. The lowest BCUT2D eigenvalue weighted by Gasteiger charge is -2.12. The van der Waals surface area contributed by atoms with Gasteiger partial charge >= 0.3 is 0 Å². The maximum atomic E-state index is 11.8. The lowest BCUT2D eigenvalue weighted by Crippen LogP contribution is -2.21. The first-order valence-corrected chi connectivity index (χ1v) is 7.15. The van der Waals surface area contributed by atoms with Crippen molar-refractivity contribution in [2.75, 3.05) is 11.9 Å². The molecule has 1 fully saturated rings. The summed E-state index contributed by atoms with van der Waals surface area (Å²) in [5.74, 6) is -0.0135. The topological polar surface area (TPSA) is 41.1 Å². The van der Waals surface area contributed by atoms with Gasteiger partial charge in [-0.2, -0.15) is 0 Å². The molecular formula is C14H16N2OS. The molecule has 4 heteroatoms. The lowest BCUT2D eigenvalue weighted by atomic mass is 10.1. The largest absolute Gasteiger partial charge is 0.321 e. The Labute approximate surface area is 111 Å². The van der Waals surface area contributed by atoms with Crippen molar-refractivity contribution in [3.8, 4) is 0 Å². The predicted molar refractivity (Wildman–Crippen MR) is 74.7 cm³/mol. The first kappa shape index (κ1) is 11.8. The van der Waals surface area contributed by atoms with Gasteiger partial charge in [-0.3, -0.25) is 4.79 Å². The number of thioether (sulfide) groups is 1. The molecule has 2 aliphatic heterocycles. The molecule has 0 radical (unpaired) electrons. The van der Waals surface area contributed by atoms with Crippen molar-refractivity contribution in [1.29, 1.82) is 0 Å². The number of nitrogens with one attached hydrogen (secondary N) is 2. The van der Waals surface area contributed by atoms with E-state index in [0.717, 1.165) is 28.5 Å². The van der Waals surface area contributed by atoms with Crippen molar-refractivity contribution in [1.82, 2.24) is 5.32 Å². The average molecular weight is 260 g/mol. The minimum Gasteiger partial charge on any atom is -0.321 e. The number of para-hydroxylation sites is 1. The number of hydrogen-bond donors (Lipinski definition) is 2. The number of hydrogen-bond acceptors (Lipinski definition) is 3. The van der Waals surface area contributed by atoms with Crippen LogP contribution in [0.3, 0.4) is 0 Å². The third-order valence-corrected chi connectivity index (χ3v) is 4.41. The van der Waals surface area contributed by atoms with Gasteiger partial charge in [-0.15, -0.1) is 0 Å². The molecule has 2 aliphatic rings. The Morgan fingerprint density at radius 3 is 3.06 bits per heavy atom. The van der Waals surface area contributed by atoms with Crippen LogP contribution in [0, 0.1) is 0 Å². The second kappa shape index (κ2) is 5.16. The maximum Gasteiger partial charge on any atom is 0.249 e. The Bertz CT molecular complexity index is 492. The lowest BCUT2D eigenvalue weighted by molar-refractivity contribution is -0.111. The molecule has 0 bridgehead atoms. The third-order valence-electron chi connectivity index (χ3n) is 3.29. The molecule has 0 aliphatic carbocycles. The highest BCUT2D eigenvalue weighted by molar-refractivity contribution is 8.03. The van der Waals surface area contributed by atoms with E-state index in [0.29, 0.717) is 6.04 Å². The van der Waals surface area contributed by atoms with E-state index in [4.69, 9.17) is 0 Å². The summed E-state index contributed by atoms with van der Waals surface area (Å²) in [6, 6.07) is 8.49. The molecule has 1 atom stereocenters. The van der Waals surface area contributed by atoms with Gasteiger partial charge in [-0.05, 0) is 42.8 Å². The van der Waals surface area contributed by atoms with E-state index < -0.39 is 0 Å². The SMILES string of the molecule is O=C1C=C(CC2CCCN2)Sc2ccccc2N1. The fourth-order valence-corrected chi connectivity index (χ4v) is 3.53. The molecule has 1 amide bonds. The van der Waals surface area contributed by atoms with Crippen LogP contribution in [-0.4, -0.2) is 18.5 Å². The van der Waals surface area contributed by atoms with Gasteiger partial charge in [0.2, 0.25) is 5.91 Å². The van der Waals surface area contributed by atoms with Crippen LogP contribution < -0.4 is 10.6 Å². The predicted octanol–water partition coefficient (Wildman–Crippen LogP) is 2.76. The van der Waals surface area contributed by atoms with Crippen LogP contribution in [0.2, 0.25) is 0 Å². The molecule has 3 nitrogen and oxygen atoms in total. The summed E-state index contributed by atoms with van der Waals surface area (Å²) < 4.78 is 0. The van der Waals surface area contributed by atoms with Gasteiger partial charge in [0.1, 0.15) is 0 Å². The monoisotopic (exact) mass is 260 g/mol. The van der Waals surface area contributed by atoms with Gasteiger partial charge < -0.3 is 10.6 Å². The van der Waals surface area contributed by atoms with E-state index in [-0.39, 0.29) is 5.91 Å². The van der Waals surface area contributed by atoms with Crippen molar-refractivity contribution in [3.63, 3.8) is 0 Å². The van der Waals surface area contributed by atoms with Gasteiger partial charge in [-0.1, -0.05) is 23.9 Å². The van der Waals surface area contributed by atoms with E-state index in [1.807, 2.05) is 18.2 Å².